The quantitative estimate of drug-likeness (QED) is 0.548. The Morgan fingerprint density at radius 2 is 1.94 bits per heavy atom. The van der Waals surface area contributed by atoms with Crippen molar-refractivity contribution in [2.75, 3.05) is 6.54 Å². The number of rotatable bonds is 6. The minimum atomic E-state index is -0.579. The molecule has 0 aromatic rings. The van der Waals surface area contributed by atoms with Gasteiger partial charge in [0, 0.05) is 6.04 Å². The van der Waals surface area contributed by atoms with Gasteiger partial charge >= 0.3 is 0 Å². The molecule has 0 saturated heterocycles. The number of carbonyl (C=O) groups is 2. The van der Waals surface area contributed by atoms with E-state index < -0.39 is 6.04 Å². The molecule has 2 amide bonds. The highest BCUT2D eigenvalue weighted by atomic mass is 16.2. The molecule has 0 bridgehead atoms. The van der Waals surface area contributed by atoms with E-state index in [1.165, 1.54) is 0 Å². The van der Waals surface area contributed by atoms with E-state index in [1.54, 1.807) is 13.0 Å². The van der Waals surface area contributed by atoms with E-state index in [0.29, 0.717) is 0 Å². The van der Waals surface area contributed by atoms with E-state index in [9.17, 15) is 9.59 Å². The summed E-state index contributed by atoms with van der Waals surface area (Å²) in [7, 11) is 0. The topological polar surface area (TPSA) is 84.2 Å². The molecule has 0 aromatic heterocycles. The van der Waals surface area contributed by atoms with Crippen LogP contribution in [0.2, 0.25) is 0 Å². The summed E-state index contributed by atoms with van der Waals surface area (Å²) in [5, 5.41) is 5.12. The molecular formula is C11H21N3O2. The fourth-order valence-electron chi connectivity index (χ4n) is 0.952. The Hall–Kier alpha value is -1.36. The summed E-state index contributed by atoms with van der Waals surface area (Å²) in [6, 6.07) is -0.687. The third kappa shape index (κ3) is 5.50. The first kappa shape index (κ1) is 14.6. The average molecular weight is 227 g/mol. The van der Waals surface area contributed by atoms with E-state index in [2.05, 4.69) is 17.2 Å². The predicted molar refractivity (Wildman–Crippen MR) is 63.6 cm³/mol. The van der Waals surface area contributed by atoms with Crippen LogP contribution in [0, 0.1) is 5.92 Å². The first-order valence-electron chi connectivity index (χ1n) is 5.33. The molecule has 0 aliphatic heterocycles. The SMILES string of the molecule is C=CC(C)NC(=O)CNC(=O)[C@@H](N)C(C)C. The molecule has 92 valence electrons. The predicted octanol–water partition coefficient (Wildman–Crippen LogP) is -0.223. The summed E-state index contributed by atoms with van der Waals surface area (Å²) >= 11 is 0. The maximum Gasteiger partial charge on any atom is 0.239 e. The van der Waals surface area contributed by atoms with Gasteiger partial charge in [0.1, 0.15) is 0 Å². The molecule has 0 rings (SSSR count). The zero-order valence-corrected chi connectivity index (χ0v) is 10.1. The Labute approximate surface area is 96.5 Å². The van der Waals surface area contributed by atoms with Gasteiger partial charge < -0.3 is 16.4 Å². The van der Waals surface area contributed by atoms with E-state index >= 15 is 0 Å². The van der Waals surface area contributed by atoms with Crippen molar-refractivity contribution >= 4 is 11.8 Å². The van der Waals surface area contributed by atoms with Gasteiger partial charge in [-0.15, -0.1) is 6.58 Å². The van der Waals surface area contributed by atoms with Crippen LogP contribution >= 0.6 is 0 Å². The van der Waals surface area contributed by atoms with Crippen LogP contribution in [0.3, 0.4) is 0 Å². The molecular weight excluding hydrogens is 206 g/mol. The van der Waals surface area contributed by atoms with Gasteiger partial charge in [-0.3, -0.25) is 9.59 Å². The van der Waals surface area contributed by atoms with Crippen molar-refractivity contribution < 1.29 is 9.59 Å². The first-order valence-corrected chi connectivity index (χ1v) is 5.33. The zero-order valence-electron chi connectivity index (χ0n) is 10.1. The van der Waals surface area contributed by atoms with Crippen LogP contribution in [-0.2, 0) is 9.59 Å². The molecule has 0 aliphatic carbocycles. The van der Waals surface area contributed by atoms with E-state index in [0.717, 1.165) is 0 Å². The van der Waals surface area contributed by atoms with Gasteiger partial charge in [-0.05, 0) is 12.8 Å². The van der Waals surface area contributed by atoms with E-state index in [-0.39, 0.29) is 30.3 Å². The average Bonchev–Trinajstić information content (AvgIpc) is 2.24. The number of nitrogens with one attached hydrogen (secondary N) is 2. The van der Waals surface area contributed by atoms with Crippen LogP contribution in [-0.4, -0.2) is 30.4 Å². The third-order valence-corrected chi connectivity index (χ3v) is 2.19. The van der Waals surface area contributed by atoms with Crippen LogP contribution < -0.4 is 16.4 Å². The van der Waals surface area contributed by atoms with Crippen LogP contribution in [0.15, 0.2) is 12.7 Å². The zero-order chi connectivity index (χ0) is 12.7. The van der Waals surface area contributed by atoms with Crippen molar-refractivity contribution in [1.29, 1.82) is 0 Å². The second-order valence-electron chi connectivity index (χ2n) is 4.08. The largest absolute Gasteiger partial charge is 0.349 e. The first-order chi connectivity index (χ1) is 7.38. The summed E-state index contributed by atoms with van der Waals surface area (Å²) in [5.41, 5.74) is 5.61. The van der Waals surface area contributed by atoms with Crippen molar-refractivity contribution in [3.05, 3.63) is 12.7 Å². The normalized spacial score (nSPS) is 14.1. The van der Waals surface area contributed by atoms with Gasteiger partial charge in [-0.2, -0.15) is 0 Å². The lowest BCUT2D eigenvalue weighted by Crippen LogP contribution is -2.47. The van der Waals surface area contributed by atoms with Gasteiger partial charge in [0.05, 0.1) is 12.6 Å². The molecule has 16 heavy (non-hydrogen) atoms. The standard InChI is InChI=1S/C11H21N3O2/c1-5-8(4)14-9(15)6-13-11(16)10(12)7(2)3/h5,7-8,10H,1,6,12H2,2-4H3,(H,13,16)(H,14,15)/t8?,10-/m0/s1. The fourth-order valence-corrected chi connectivity index (χ4v) is 0.952. The molecule has 0 radical (unpaired) electrons. The molecule has 2 atom stereocenters. The number of hydrogen-bond acceptors (Lipinski definition) is 3. The Bertz CT molecular complexity index is 264. The Balaban J connectivity index is 3.92. The number of nitrogens with two attached hydrogens (primary N) is 1. The third-order valence-electron chi connectivity index (χ3n) is 2.19. The van der Waals surface area contributed by atoms with Gasteiger partial charge in [0.2, 0.25) is 11.8 Å². The van der Waals surface area contributed by atoms with Crippen molar-refractivity contribution in [1.82, 2.24) is 10.6 Å². The lowest BCUT2D eigenvalue weighted by Gasteiger charge is -2.15. The molecule has 0 spiro atoms. The molecule has 0 saturated carbocycles. The second kappa shape index (κ2) is 7.00. The minimum Gasteiger partial charge on any atom is -0.349 e. The maximum atomic E-state index is 11.4. The maximum absolute atomic E-state index is 11.4. The molecule has 0 fully saturated rings. The minimum absolute atomic E-state index is 0.0511. The summed E-state index contributed by atoms with van der Waals surface area (Å²) in [6.07, 6.45) is 1.61. The van der Waals surface area contributed by atoms with Gasteiger partial charge in [-0.25, -0.2) is 0 Å². The highest BCUT2D eigenvalue weighted by Crippen LogP contribution is 1.97. The number of carbonyl (C=O) groups excluding carboxylic acids is 2. The lowest BCUT2D eigenvalue weighted by atomic mass is 10.1. The lowest BCUT2D eigenvalue weighted by molar-refractivity contribution is -0.127. The highest BCUT2D eigenvalue weighted by molar-refractivity contribution is 5.87. The fraction of sp³-hybridized carbons (Fsp3) is 0.636. The van der Waals surface area contributed by atoms with E-state index in [1.807, 2.05) is 13.8 Å². The summed E-state index contributed by atoms with van der Waals surface area (Å²) < 4.78 is 0. The second-order valence-corrected chi connectivity index (χ2v) is 4.08. The highest BCUT2D eigenvalue weighted by Gasteiger charge is 2.17. The van der Waals surface area contributed by atoms with Crippen molar-refractivity contribution in [3.63, 3.8) is 0 Å². The van der Waals surface area contributed by atoms with Crippen molar-refractivity contribution in [3.8, 4) is 0 Å². The smallest absolute Gasteiger partial charge is 0.239 e. The number of hydrogen-bond donors (Lipinski definition) is 3. The van der Waals surface area contributed by atoms with Gasteiger partial charge in [0.25, 0.3) is 0 Å². The van der Waals surface area contributed by atoms with E-state index in [4.69, 9.17) is 5.73 Å². The molecule has 0 heterocycles. The van der Waals surface area contributed by atoms with Crippen molar-refractivity contribution in [2.45, 2.75) is 32.9 Å². The van der Waals surface area contributed by atoms with Gasteiger partial charge in [0.15, 0.2) is 0 Å². The van der Waals surface area contributed by atoms with Crippen LogP contribution in [0.4, 0.5) is 0 Å². The molecule has 4 N–H and O–H groups in total. The summed E-state index contributed by atoms with van der Waals surface area (Å²) in [5.74, 6) is -0.511. The molecule has 0 aromatic carbocycles. The Morgan fingerprint density at radius 3 is 2.38 bits per heavy atom. The van der Waals surface area contributed by atoms with Crippen LogP contribution in [0.5, 0.6) is 0 Å². The molecule has 5 heteroatoms. The monoisotopic (exact) mass is 227 g/mol. The summed E-state index contributed by atoms with van der Waals surface area (Å²) in [4.78, 5) is 22.7. The Kier molecular flexibility index (Phi) is 6.41. The van der Waals surface area contributed by atoms with Crippen molar-refractivity contribution in [2.24, 2.45) is 11.7 Å². The Morgan fingerprint density at radius 1 is 1.38 bits per heavy atom. The number of amides is 2. The van der Waals surface area contributed by atoms with Gasteiger partial charge in [-0.1, -0.05) is 19.9 Å². The molecule has 1 unspecified atom stereocenters. The molecule has 5 nitrogen and oxygen atoms in total. The molecule has 0 aliphatic rings. The van der Waals surface area contributed by atoms with Crippen LogP contribution in [0.25, 0.3) is 0 Å². The summed E-state index contributed by atoms with van der Waals surface area (Å²) in [6.45, 7) is 8.98. The van der Waals surface area contributed by atoms with Crippen LogP contribution in [0.1, 0.15) is 20.8 Å².